The Balaban J connectivity index is 3.39. The molecule has 0 bridgehead atoms. The number of carbonyl (C=O) groups excluding carboxylic acids is 1. The SMILES string of the molecule is CCOC(=O)c1cnc([N+](=O)[O-])c(C(F)F)c1I. The van der Waals surface area contributed by atoms with E-state index in [1.807, 2.05) is 0 Å². The van der Waals surface area contributed by atoms with E-state index in [1.165, 1.54) is 22.6 Å². The molecule has 0 amide bonds. The van der Waals surface area contributed by atoms with Crippen molar-refractivity contribution in [1.82, 2.24) is 4.98 Å². The second kappa shape index (κ2) is 5.98. The number of ether oxygens (including phenoxy) is 1. The zero-order valence-electron chi connectivity index (χ0n) is 9.02. The zero-order valence-corrected chi connectivity index (χ0v) is 11.2. The molecule has 1 aromatic heterocycles. The molecule has 18 heavy (non-hydrogen) atoms. The molecule has 0 N–H and O–H groups in total. The van der Waals surface area contributed by atoms with E-state index in [-0.39, 0.29) is 15.7 Å². The van der Waals surface area contributed by atoms with Gasteiger partial charge in [0.1, 0.15) is 11.1 Å². The maximum Gasteiger partial charge on any atom is 0.373 e. The van der Waals surface area contributed by atoms with Gasteiger partial charge in [0.2, 0.25) is 0 Å². The Morgan fingerprint density at radius 2 is 2.28 bits per heavy atom. The molecule has 0 atom stereocenters. The molecule has 0 spiro atoms. The van der Waals surface area contributed by atoms with Crippen LogP contribution in [-0.2, 0) is 4.74 Å². The Morgan fingerprint density at radius 1 is 1.67 bits per heavy atom. The van der Waals surface area contributed by atoms with E-state index >= 15 is 0 Å². The number of nitro groups is 1. The van der Waals surface area contributed by atoms with Crippen molar-refractivity contribution in [2.24, 2.45) is 0 Å². The first kappa shape index (κ1) is 14.7. The minimum atomic E-state index is -3.10. The van der Waals surface area contributed by atoms with Crippen LogP contribution in [0.25, 0.3) is 0 Å². The van der Waals surface area contributed by atoms with Crippen LogP contribution in [0.5, 0.6) is 0 Å². The molecule has 9 heteroatoms. The summed E-state index contributed by atoms with van der Waals surface area (Å²) >= 11 is 1.44. The summed E-state index contributed by atoms with van der Waals surface area (Å²) in [5, 5.41) is 10.6. The zero-order chi connectivity index (χ0) is 13.9. The number of halogens is 3. The first-order valence-electron chi connectivity index (χ1n) is 4.68. The van der Waals surface area contributed by atoms with E-state index in [4.69, 9.17) is 0 Å². The summed E-state index contributed by atoms with van der Waals surface area (Å²) in [4.78, 5) is 24.3. The largest absolute Gasteiger partial charge is 0.462 e. The summed E-state index contributed by atoms with van der Waals surface area (Å²) in [6.45, 7) is 1.62. The number of alkyl halides is 2. The second-order valence-corrected chi connectivity index (χ2v) is 4.08. The lowest BCUT2D eigenvalue weighted by Gasteiger charge is -2.07. The Hall–Kier alpha value is -1.39. The Morgan fingerprint density at radius 3 is 2.72 bits per heavy atom. The van der Waals surface area contributed by atoms with Crippen LogP contribution in [0.2, 0.25) is 0 Å². The van der Waals surface area contributed by atoms with Crippen molar-refractivity contribution < 1.29 is 23.2 Å². The monoisotopic (exact) mass is 372 g/mol. The molecule has 0 saturated heterocycles. The maximum atomic E-state index is 12.8. The highest BCUT2D eigenvalue weighted by molar-refractivity contribution is 14.1. The van der Waals surface area contributed by atoms with E-state index in [9.17, 15) is 23.7 Å². The maximum absolute atomic E-state index is 12.8. The third-order valence-electron chi connectivity index (χ3n) is 1.92. The van der Waals surface area contributed by atoms with E-state index in [2.05, 4.69) is 9.72 Å². The molecular formula is C9H7F2IN2O4. The van der Waals surface area contributed by atoms with E-state index in [0.717, 1.165) is 6.20 Å². The highest BCUT2D eigenvalue weighted by Crippen LogP contribution is 2.33. The van der Waals surface area contributed by atoms with Gasteiger partial charge in [0.05, 0.1) is 6.61 Å². The lowest BCUT2D eigenvalue weighted by Crippen LogP contribution is -2.11. The average Bonchev–Trinajstić information content (AvgIpc) is 2.27. The first-order valence-corrected chi connectivity index (χ1v) is 5.76. The van der Waals surface area contributed by atoms with Crippen LogP contribution < -0.4 is 0 Å². The molecule has 1 aromatic rings. The van der Waals surface area contributed by atoms with Crippen LogP contribution in [0, 0.1) is 13.7 Å². The predicted molar refractivity (Wildman–Crippen MR) is 64.5 cm³/mol. The van der Waals surface area contributed by atoms with Crippen LogP contribution in [0.3, 0.4) is 0 Å². The molecule has 0 aliphatic rings. The fraction of sp³-hybridized carbons (Fsp3) is 0.333. The molecule has 98 valence electrons. The lowest BCUT2D eigenvalue weighted by molar-refractivity contribution is -0.391. The fourth-order valence-electron chi connectivity index (χ4n) is 1.19. The molecule has 1 heterocycles. The van der Waals surface area contributed by atoms with E-state index in [0.29, 0.717) is 0 Å². The van der Waals surface area contributed by atoms with Crippen molar-refractivity contribution in [3.63, 3.8) is 0 Å². The van der Waals surface area contributed by atoms with Crippen molar-refractivity contribution >= 4 is 34.4 Å². The van der Waals surface area contributed by atoms with Gasteiger partial charge in [0.25, 0.3) is 6.43 Å². The molecule has 0 radical (unpaired) electrons. The topological polar surface area (TPSA) is 82.3 Å². The highest BCUT2D eigenvalue weighted by atomic mass is 127. The summed E-state index contributed by atoms with van der Waals surface area (Å²) in [7, 11) is 0. The van der Waals surface area contributed by atoms with Crippen LogP contribution >= 0.6 is 22.6 Å². The van der Waals surface area contributed by atoms with Gasteiger partial charge < -0.3 is 14.9 Å². The van der Waals surface area contributed by atoms with Gasteiger partial charge in [-0.05, 0) is 39.4 Å². The molecule has 0 unspecified atom stereocenters. The molecular weight excluding hydrogens is 365 g/mol. The third kappa shape index (κ3) is 2.89. The first-order chi connectivity index (χ1) is 8.40. The number of nitrogens with zero attached hydrogens (tertiary/aromatic N) is 2. The third-order valence-corrected chi connectivity index (χ3v) is 3.08. The van der Waals surface area contributed by atoms with Crippen molar-refractivity contribution in [3.8, 4) is 0 Å². The van der Waals surface area contributed by atoms with Gasteiger partial charge in [0, 0.05) is 3.57 Å². The number of carbonyl (C=O) groups is 1. The molecule has 0 aliphatic carbocycles. The Kier molecular flexibility index (Phi) is 4.87. The number of rotatable bonds is 4. The van der Waals surface area contributed by atoms with Crippen LogP contribution in [-0.4, -0.2) is 22.5 Å². The normalized spacial score (nSPS) is 10.5. The minimum absolute atomic E-state index is 0.0654. The predicted octanol–water partition coefficient (Wildman–Crippen LogP) is 2.71. The number of hydrogen-bond acceptors (Lipinski definition) is 5. The van der Waals surface area contributed by atoms with E-state index < -0.39 is 28.7 Å². The lowest BCUT2D eigenvalue weighted by atomic mass is 10.2. The molecule has 1 rings (SSSR count). The molecule has 0 aromatic carbocycles. The van der Waals surface area contributed by atoms with Gasteiger partial charge in [-0.25, -0.2) is 13.6 Å². The number of aromatic nitrogens is 1. The minimum Gasteiger partial charge on any atom is -0.462 e. The summed E-state index contributed by atoms with van der Waals surface area (Å²) in [6.07, 6.45) is -2.23. The standard InChI is InChI=1S/C9H7F2IN2O4/c1-2-18-9(15)4-3-13-8(14(16)17)5(6(4)12)7(10)11/h3,7H,2H2,1H3. The van der Waals surface area contributed by atoms with Gasteiger partial charge in [0.15, 0.2) is 6.20 Å². The highest BCUT2D eigenvalue weighted by Gasteiger charge is 2.30. The summed E-state index contributed by atoms with van der Waals surface area (Å²) in [6, 6.07) is 0. The molecule has 6 nitrogen and oxygen atoms in total. The van der Waals surface area contributed by atoms with Gasteiger partial charge >= 0.3 is 11.8 Å². The van der Waals surface area contributed by atoms with Gasteiger partial charge in [-0.1, -0.05) is 0 Å². The average molecular weight is 372 g/mol. The fourth-order valence-corrected chi connectivity index (χ4v) is 2.02. The van der Waals surface area contributed by atoms with E-state index in [1.54, 1.807) is 6.92 Å². The van der Waals surface area contributed by atoms with Gasteiger partial charge in [-0.2, -0.15) is 0 Å². The number of pyridine rings is 1. The number of hydrogen-bond donors (Lipinski definition) is 0. The van der Waals surface area contributed by atoms with Crippen molar-refractivity contribution in [1.29, 1.82) is 0 Å². The van der Waals surface area contributed by atoms with Crippen molar-refractivity contribution in [2.45, 2.75) is 13.3 Å². The van der Waals surface area contributed by atoms with Crippen molar-refractivity contribution in [2.75, 3.05) is 6.61 Å². The van der Waals surface area contributed by atoms with Crippen LogP contribution in [0.4, 0.5) is 14.6 Å². The second-order valence-electron chi connectivity index (χ2n) is 3.00. The van der Waals surface area contributed by atoms with Gasteiger partial charge in [-0.3, -0.25) is 0 Å². The summed E-state index contributed by atoms with van der Waals surface area (Å²) in [5.74, 6) is -1.80. The summed E-state index contributed by atoms with van der Waals surface area (Å²) < 4.78 is 30.0. The Labute approximate surface area is 114 Å². The van der Waals surface area contributed by atoms with Gasteiger partial charge in [-0.15, -0.1) is 0 Å². The Bertz CT molecular complexity index is 496. The van der Waals surface area contributed by atoms with Crippen LogP contribution in [0.1, 0.15) is 29.3 Å². The number of esters is 1. The molecule has 0 fully saturated rings. The van der Waals surface area contributed by atoms with Crippen LogP contribution in [0.15, 0.2) is 6.20 Å². The summed E-state index contributed by atoms with van der Waals surface area (Å²) in [5.41, 5.74) is -1.08. The smallest absolute Gasteiger partial charge is 0.373 e. The molecule has 0 aliphatic heterocycles. The quantitative estimate of drug-likeness (QED) is 0.351. The van der Waals surface area contributed by atoms with Crippen molar-refractivity contribution in [3.05, 3.63) is 31.0 Å². The molecule has 0 saturated carbocycles.